The van der Waals surface area contributed by atoms with Gasteiger partial charge in [-0.1, -0.05) is 32.0 Å². The van der Waals surface area contributed by atoms with Gasteiger partial charge in [0.1, 0.15) is 11.6 Å². The molecule has 7 nitrogen and oxygen atoms in total. The predicted octanol–water partition coefficient (Wildman–Crippen LogP) is 5.34. The van der Waals surface area contributed by atoms with E-state index in [4.69, 9.17) is 9.97 Å². The third-order valence-electron chi connectivity index (χ3n) is 6.90. The average Bonchev–Trinajstić information content (AvgIpc) is 3.21. The van der Waals surface area contributed by atoms with Crippen molar-refractivity contribution in [3.63, 3.8) is 0 Å². The Balaban J connectivity index is 1.47. The summed E-state index contributed by atoms with van der Waals surface area (Å²) in [5.41, 5.74) is 1.40. The van der Waals surface area contributed by atoms with Crippen LogP contribution in [-0.4, -0.2) is 35.6 Å². The molecule has 2 aliphatic carbocycles. The Labute approximate surface area is 211 Å². The van der Waals surface area contributed by atoms with E-state index >= 15 is 0 Å². The highest BCUT2D eigenvalue weighted by Gasteiger charge is 2.28. The molecule has 9 heteroatoms. The molecule has 0 aliphatic heterocycles. The van der Waals surface area contributed by atoms with E-state index in [9.17, 15) is 13.5 Å². The van der Waals surface area contributed by atoms with Gasteiger partial charge >= 0.3 is 0 Å². The highest BCUT2D eigenvalue weighted by atomic mass is 32.2. The van der Waals surface area contributed by atoms with Crippen LogP contribution in [0.1, 0.15) is 56.5 Å². The topological polar surface area (TPSA) is 104 Å². The summed E-state index contributed by atoms with van der Waals surface area (Å²) in [6.45, 7) is 4.56. The second kappa shape index (κ2) is 9.52. The maximum absolute atomic E-state index is 13.4. The van der Waals surface area contributed by atoms with Gasteiger partial charge in [0.25, 0.3) is 0 Å². The van der Waals surface area contributed by atoms with Crippen LogP contribution in [0.15, 0.2) is 52.3 Å². The molecule has 0 bridgehead atoms. The number of hydrogen-bond acceptors (Lipinski definition) is 8. The molecule has 1 fully saturated rings. The number of sulfone groups is 1. The Bertz CT molecular complexity index is 1300. The van der Waals surface area contributed by atoms with E-state index in [0.29, 0.717) is 11.6 Å². The molecule has 2 aliphatic rings. The number of pyridine rings is 1. The fourth-order valence-electron chi connectivity index (χ4n) is 4.82. The first-order valence-corrected chi connectivity index (χ1v) is 14.5. The van der Waals surface area contributed by atoms with Crippen LogP contribution in [-0.2, 0) is 22.7 Å². The molecule has 2 aromatic heterocycles. The third-order valence-corrected chi connectivity index (χ3v) is 9.66. The number of aryl methyl sites for hydroxylation is 1. The van der Waals surface area contributed by atoms with Crippen LogP contribution < -0.4 is 10.6 Å². The zero-order valence-electron chi connectivity index (χ0n) is 20.1. The number of anilines is 3. The number of aliphatic hydroxyl groups is 1. The van der Waals surface area contributed by atoms with Crippen molar-refractivity contribution in [1.29, 1.82) is 0 Å². The van der Waals surface area contributed by atoms with Crippen LogP contribution in [0.25, 0.3) is 0 Å². The average molecular weight is 513 g/mol. The van der Waals surface area contributed by atoms with Crippen molar-refractivity contribution in [1.82, 2.24) is 9.97 Å². The molecule has 1 saturated carbocycles. The molecule has 35 heavy (non-hydrogen) atoms. The summed E-state index contributed by atoms with van der Waals surface area (Å²) in [7, 11) is -3.72. The number of aliphatic hydroxyl groups excluding tert-OH is 1. The highest BCUT2D eigenvalue weighted by molar-refractivity contribution is 7.91. The monoisotopic (exact) mass is 512 g/mol. The van der Waals surface area contributed by atoms with E-state index in [2.05, 4.69) is 24.5 Å². The van der Waals surface area contributed by atoms with Crippen molar-refractivity contribution in [2.75, 3.05) is 10.6 Å². The van der Waals surface area contributed by atoms with Crippen molar-refractivity contribution in [3.05, 3.63) is 53.0 Å². The van der Waals surface area contributed by atoms with E-state index in [1.165, 1.54) is 4.88 Å². The normalized spacial score (nSPS) is 21.8. The Kier molecular flexibility index (Phi) is 6.59. The van der Waals surface area contributed by atoms with Gasteiger partial charge in [-0.25, -0.2) is 18.4 Å². The number of fused-ring (bicyclic) bond motifs is 1. The van der Waals surface area contributed by atoms with Gasteiger partial charge in [-0.05, 0) is 68.6 Å². The molecule has 3 N–H and O–H groups in total. The van der Waals surface area contributed by atoms with Crippen molar-refractivity contribution in [2.45, 2.75) is 80.7 Å². The summed E-state index contributed by atoms with van der Waals surface area (Å²) in [4.78, 5) is 11.2. The summed E-state index contributed by atoms with van der Waals surface area (Å²) < 4.78 is 26.9. The standard InChI is InChI=1S/C26H32N4O3S2/c1-26(2)13-12-21-22(16-26)34-25(28-21)30-24-15-20(35(32,33)19-6-4-3-5-7-19)14-23(29-24)27-17-8-10-18(31)11-9-17/h3-7,14-15,17-18,31H,8-13,16H2,1-2H3,(H2,27,28,29,30). The summed E-state index contributed by atoms with van der Waals surface area (Å²) in [5.74, 6) is 0.957. The van der Waals surface area contributed by atoms with Gasteiger partial charge in [-0.3, -0.25) is 0 Å². The molecule has 0 spiro atoms. The van der Waals surface area contributed by atoms with Crippen LogP contribution in [0.2, 0.25) is 0 Å². The molecular weight excluding hydrogens is 480 g/mol. The predicted molar refractivity (Wildman–Crippen MR) is 139 cm³/mol. The lowest BCUT2D eigenvalue weighted by Gasteiger charge is -2.28. The molecule has 5 rings (SSSR count). The molecule has 3 aromatic rings. The lowest BCUT2D eigenvalue weighted by molar-refractivity contribution is 0.126. The zero-order valence-corrected chi connectivity index (χ0v) is 21.8. The molecular formula is C26H32N4O3S2. The first-order valence-electron chi connectivity index (χ1n) is 12.2. The Morgan fingerprint density at radius 2 is 1.71 bits per heavy atom. The van der Waals surface area contributed by atoms with Gasteiger partial charge in [0.05, 0.1) is 21.6 Å². The van der Waals surface area contributed by atoms with Gasteiger partial charge in [0, 0.05) is 17.0 Å². The van der Waals surface area contributed by atoms with Crippen molar-refractivity contribution < 1.29 is 13.5 Å². The number of aromatic nitrogens is 2. The first kappa shape index (κ1) is 24.2. The summed E-state index contributed by atoms with van der Waals surface area (Å²) in [5, 5.41) is 17.3. The Hall–Kier alpha value is -2.49. The molecule has 0 saturated heterocycles. The minimum Gasteiger partial charge on any atom is -0.393 e. The van der Waals surface area contributed by atoms with Gasteiger partial charge in [-0.15, -0.1) is 11.3 Å². The maximum atomic E-state index is 13.4. The van der Waals surface area contributed by atoms with Crippen LogP contribution in [0.3, 0.4) is 0 Å². The number of benzene rings is 1. The van der Waals surface area contributed by atoms with Gasteiger partial charge in [0.2, 0.25) is 9.84 Å². The minimum atomic E-state index is -3.72. The smallest absolute Gasteiger partial charge is 0.206 e. The molecule has 1 aromatic carbocycles. The summed E-state index contributed by atoms with van der Waals surface area (Å²) in [6.07, 6.45) is 5.89. The summed E-state index contributed by atoms with van der Waals surface area (Å²) >= 11 is 1.62. The van der Waals surface area contributed by atoms with E-state index in [1.807, 2.05) is 0 Å². The highest BCUT2D eigenvalue weighted by Crippen LogP contribution is 2.39. The summed E-state index contributed by atoms with van der Waals surface area (Å²) in [6, 6.07) is 11.8. The fraction of sp³-hybridized carbons (Fsp3) is 0.462. The molecule has 2 heterocycles. The fourth-order valence-corrected chi connectivity index (χ4v) is 7.42. The van der Waals surface area contributed by atoms with Crippen molar-refractivity contribution in [3.8, 4) is 0 Å². The second-order valence-corrected chi connectivity index (χ2v) is 13.4. The third kappa shape index (κ3) is 5.52. The molecule has 186 valence electrons. The van der Waals surface area contributed by atoms with Gasteiger partial charge in [0.15, 0.2) is 5.13 Å². The van der Waals surface area contributed by atoms with E-state index < -0.39 is 9.84 Å². The van der Waals surface area contributed by atoms with E-state index in [-0.39, 0.29) is 27.4 Å². The lowest BCUT2D eigenvalue weighted by Crippen LogP contribution is -2.28. The first-order chi connectivity index (χ1) is 16.7. The number of nitrogens with one attached hydrogen (secondary N) is 2. The number of thiazole rings is 1. The van der Waals surface area contributed by atoms with Crippen LogP contribution in [0.4, 0.5) is 16.8 Å². The second-order valence-electron chi connectivity index (χ2n) is 10.4. The van der Waals surface area contributed by atoms with Crippen molar-refractivity contribution >= 4 is 37.9 Å². The minimum absolute atomic E-state index is 0.142. The van der Waals surface area contributed by atoms with E-state index in [0.717, 1.165) is 55.8 Å². The lowest BCUT2D eigenvalue weighted by atomic mass is 9.79. The van der Waals surface area contributed by atoms with Gasteiger partial charge in [-0.2, -0.15) is 0 Å². The SMILES string of the molecule is CC1(C)CCc2nc(Nc3cc(S(=O)(=O)c4ccccc4)cc(NC4CCC(O)CC4)n3)sc2C1. The molecule has 0 unspecified atom stereocenters. The molecule has 0 radical (unpaired) electrons. The number of hydrogen-bond donors (Lipinski definition) is 3. The van der Waals surface area contributed by atoms with Crippen molar-refractivity contribution in [2.24, 2.45) is 5.41 Å². The maximum Gasteiger partial charge on any atom is 0.206 e. The zero-order chi connectivity index (χ0) is 24.6. The Morgan fingerprint density at radius 1 is 1.00 bits per heavy atom. The molecule has 0 amide bonds. The number of rotatable bonds is 6. The quantitative estimate of drug-likeness (QED) is 0.409. The Morgan fingerprint density at radius 3 is 2.46 bits per heavy atom. The number of nitrogens with zero attached hydrogens (tertiary/aromatic N) is 2. The largest absolute Gasteiger partial charge is 0.393 e. The van der Waals surface area contributed by atoms with Crippen LogP contribution in [0.5, 0.6) is 0 Å². The van der Waals surface area contributed by atoms with Gasteiger partial charge < -0.3 is 15.7 Å². The van der Waals surface area contributed by atoms with Crippen LogP contribution in [0, 0.1) is 5.41 Å². The molecule has 0 atom stereocenters. The van der Waals surface area contributed by atoms with Crippen LogP contribution >= 0.6 is 11.3 Å². The van der Waals surface area contributed by atoms with E-state index in [1.54, 1.807) is 53.8 Å².